The molecule has 0 unspecified atom stereocenters. The smallest absolute Gasteiger partial charge is 0.410 e. The van der Waals surface area contributed by atoms with Crippen LogP contribution in [0, 0.1) is 0 Å². The number of carbonyl (C=O) groups is 2. The molecule has 0 saturated heterocycles. The molecule has 0 saturated carbocycles. The first kappa shape index (κ1) is 25.2. The molecule has 1 N–H and O–H groups in total. The van der Waals surface area contributed by atoms with E-state index < -0.39 is 11.7 Å². The van der Waals surface area contributed by atoms with Crippen molar-refractivity contribution in [2.75, 3.05) is 13.1 Å². The molecule has 0 fully saturated rings. The van der Waals surface area contributed by atoms with Gasteiger partial charge in [0.25, 0.3) is 0 Å². The Balaban J connectivity index is 2.16. The Morgan fingerprint density at radius 3 is 2.50 bits per heavy atom. The van der Waals surface area contributed by atoms with Gasteiger partial charge in [0.15, 0.2) is 0 Å². The number of carbonyl (C=O) groups excluding carboxylic acids is 3. The van der Waals surface area contributed by atoms with Gasteiger partial charge in [0.05, 0.1) is 5.70 Å². The van der Waals surface area contributed by atoms with Gasteiger partial charge >= 0.3 is 6.09 Å². The highest BCUT2D eigenvalue weighted by molar-refractivity contribution is 6.33. The van der Waals surface area contributed by atoms with Crippen molar-refractivity contribution < 1.29 is 19.1 Å². The van der Waals surface area contributed by atoms with E-state index in [0.29, 0.717) is 17.3 Å². The Morgan fingerprint density at radius 1 is 1.19 bits per heavy atom. The summed E-state index contributed by atoms with van der Waals surface area (Å²) in [6.07, 6.45) is 0.828. The first-order chi connectivity index (χ1) is 15.2. The van der Waals surface area contributed by atoms with Crippen LogP contribution < -0.4 is 5.32 Å². The Morgan fingerprint density at radius 2 is 1.91 bits per heavy atom. The van der Waals surface area contributed by atoms with Gasteiger partial charge in [-0.05, 0) is 38.0 Å². The first-order valence-electron chi connectivity index (χ1n) is 10.5. The van der Waals surface area contributed by atoms with E-state index in [0.717, 1.165) is 23.0 Å². The van der Waals surface area contributed by atoms with Gasteiger partial charge in [-0.3, -0.25) is 0 Å². The second-order valence-corrected chi connectivity index (χ2v) is 8.70. The Labute approximate surface area is 194 Å². The molecule has 0 atom stereocenters. The molecule has 0 spiro atoms. The number of benzene rings is 2. The minimum atomic E-state index is -0.657. The third-order valence-electron chi connectivity index (χ3n) is 4.50. The number of nitrogens with one attached hydrogen (secondary N) is 1. The van der Waals surface area contributed by atoms with Crippen LogP contribution in [-0.4, -0.2) is 41.9 Å². The SMILES string of the molecule is CC(C)(C)OC(=O)N(CCC(=C=O)NCCC=O)Cc1ccc(-c2ccccc2)c(Cl)c1. The van der Waals surface area contributed by atoms with Crippen molar-refractivity contribution >= 4 is 29.9 Å². The van der Waals surface area contributed by atoms with Crippen LogP contribution >= 0.6 is 11.6 Å². The number of hydrogen-bond acceptors (Lipinski definition) is 5. The highest BCUT2D eigenvalue weighted by Crippen LogP contribution is 2.29. The summed E-state index contributed by atoms with van der Waals surface area (Å²) in [5, 5.41) is 3.46. The summed E-state index contributed by atoms with van der Waals surface area (Å²) < 4.78 is 5.54. The topological polar surface area (TPSA) is 75.7 Å². The standard InChI is InChI=1S/C25H29ClN2O4/c1-25(2,3)32-24(31)28(14-12-21(18-30)27-13-7-15-29)17-19-10-11-22(23(26)16-19)20-8-5-4-6-9-20/h4-6,8-11,15-16,27H,7,12-14,17H2,1-3H3. The van der Waals surface area contributed by atoms with Crippen LogP contribution in [0.1, 0.15) is 39.2 Å². The quantitative estimate of drug-likeness (QED) is 0.308. The van der Waals surface area contributed by atoms with Crippen molar-refractivity contribution in [2.24, 2.45) is 0 Å². The van der Waals surface area contributed by atoms with Crippen molar-refractivity contribution in [3.05, 3.63) is 64.8 Å². The summed E-state index contributed by atoms with van der Waals surface area (Å²) in [5.41, 5.74) is 2.40. The lowest BCUT2D eigenvalue weighted by atomic mass is 10.0. The maximum absolute atomic E-state index is 12.8. The maximum atomic E-state index is 12.8. The van der Waals surface area contributed by atoms with Gasteiger partial charge in [-0.15, -0.1) is 0 Å². The van der Waals surface area contributed by atoms with Crippen LogP contribution in [0.2, 0.25) is 5.02 Å². The molecule has 1 amide bonds. The minimum Gasteiger partial charge on any atom is -0.444 e. The van der Waals surface area contributed by atoms with Crippen LogP contribution in [-0.2, 0) is 20.9 Å². The zero-order chi connectivity index (χ0) is 23.6. The number of amides is 1. The molecule has 2 aromatic rings. The second-order valence-electron chi connectivity index (χ2n) is 8.29. The normalized spacial score (nSPS) is 10.8. The van der Waals surface area contributed by atoms with Crippen LogP contribution in [0.25, 0.3) is 11.1 Å². The van der Waals surface area contributed by atoms with Crippen molar-refractivity contribution in [3.8, 4) is 11.1 Å². The molecule has 6 nitrogen and oxygen atoms in total. The first-order valence-corrected chi connectivity index (χ1v) is 10.8. The van der Waals surface area contributed by atoms with Gasteiger partial charge in [0.2, 0.25) is 0 Å². The molecule has 2 rings (SSSR count). The maximum Gasteiger partial charge on any atom is 0.410 e. The van der Waals surface area contributed by atoms with Gasteiger partial charge in [-0.1, -0.05) is 54.1 Å². The van der Waals surface area contributed by atoms with Gasteiger partial charge < -0.3 is 19.7 Å². The summed E-state index contributed by atoms with van der Waals surface area (Å²) in [4.78, 5) is 36.0. The van der Waals surface area contributed by atoms with Crippen LogP contribution in [0.15, 0.2) is 54.2 Å². The molecule has 0 heterocycles. The van der Waals surface area contributed by atoms with E-state index in [1.165, 1.54) is 4.90 Å². The van der Waals surface area contributed by atoms with Gasteiger partial charge in [0, 0.05) is 43.1 Å². The van der Waals surface area contributed by atoms with Crippen LogP contribution in [0.4, 0.5) is 4.79 Å². The molecule has 0 radical (unpaired) electrons. The number of rotatable bonds is 10. The molecule has 0 aromatic heterocycles. The number of halogens is 1. The molecule has 2 aromatic carbocycles. The van der Waals surface area contributed by atoms with E-state index in [4.69, 9.17) is 16.3 Å². The molecule has 32 heavy (non-hydrogen) atoms. The molecule has 0 bridgehead atoms. The van der Waals surface area contributed by atoms with Crippen molar-refractivity contribution in [1.29, 1.82) is 0 Å². The predicted octanol–water partition coefficient (Wildman–Crippen LogP) is 5.03. The van der Waals surface area contributed by atoms with E-state index >= 15 is 0 Å². The largest absolute Gasteiger partial charge is 0.444 e. The van der Waals surface area contributed by atoms with Gasteiger partial charge in [-0.2, -0.15) is 0 Å². The molecule has 0 aliphatic heterocycles. The molecule has 0 aliphatic rings. The zero-order valence-corrected chi connectivity index (χ0v) is 19.4. The minimum absolute atomic E-state index is 0.242. The highest BCUT2D eigenvalue weighted by Gasteiger charge is 2.23. The highest BCUT2D eigenvalue weighted by atomic mass is 35.5. The fourth-order valence-corrected chi connectivity index (χ4v) is 3.31. The zero-order valence-electron chi connectivity index (χ0n) is 18.7. The number of aldehydes is 1. The fraction of sp³-hybridized carbons (Fsp3) is 0.360. The van der Waals surface area contributed by atoms with Crippen LogP contribution in [0.5, 0.6) is 0 Å². The average molecular weight is 457 g/mol. The predicted molar refractivity (Wildman–Crippen MR) is 126 cm³/mol. The lowest BCUT2D eigenvalue weighted by Crippen LogP contribution is -2.37. The Kier molecular flexibility index (Phi) is 9.51. The molecule has 7 heteroatoms. The van der Waals surface area contributed by atoms with E-state index in [2.05, 4.69) is 5.32 Å². The second kappa shape index (κ2) is 12.1. The number of ether oxygens (including phenoxy) is 1. The van der Waals surface area contributed by atoms with Crippen LogP contribution in [0.3, 0.4) is 0 Å². The molecular weight excluding hydrogens is 428 g/mol. The molecule has 0 aliphatic carbocycles. The van der Waals surface area contributed by atoms with E-state index in [1.54, 1.807) is 20.8 Å². The van der Waals surface area contributed by atoms with E-state index in [9.17, 15) is 14.4 Å². The monoisotopic (exact) mass is 456 g/mol. The summed E-state index contributed by atoms with van der Waals surface area (Å²) in [5.74, 6) is 1.84. The summed E-state index contributed by atoms with van der Waals surface area (Å²) in [7, 11) is 0. The van der Waals surface area contributed by atoms with E-state index in [1.807, 2.05) is 54.5 Å². The van der Waals surface area contributed by atoms with Crippen molar-refractivity contribution in [2.45, 2.75) is 45.8 Å². The Hall–Kier alpha value is -3.08. The van der Waals surface area contributed by atoms with Gasteiger partial charge in [0.1, 0.15) is 17.8 Å². The molecular formula is C25H29ClN2O4. The lowest BCUT2D eigenvalue weighted by Gasteiger charge is -2.28. The molecule has 170 valence electrons. The third-order valence-corrected chi connectivity index (χ3v) is 4.81. The summed E-state index contributed by atoms with van der Waals surface area (Å²) in [6.45, 7) is 6.25. The summed E-state index contributed by atoms with van der Waals surface area (Å²) in [6, 6.07) is 15.5. The van der Waals surface area contributed by atoms with E-state index in [-0.39, 0.29) is 25.9 Å². The summed E-state index contributed by atoms with van der Waals surface area (Å²) >= 11 is 6.53. The number of hydrogen-bond donors (Lipinski definition) is 1. The third kappa shape index (κ3) is 8.22. The lowest BCUT2D eigenvalue weighted by molar-refractivity contribution is -0.107. The average Bonchev–Trinajstić information content (AvgIpc) is 2.74. The van der Waals surface area contributed by atoms with Crippen molar-refractivity contribution in [1.82, 2.24) is 10.2 Å². The van der Waals surface area contributed by atoms with Crippen molar-refractivity contribution in [3.63, 3.8) is 0 Å². The fourth-order valence-electron chi connectivity index (χ4n) is 2.99. The number of nitrogens with zero attached hydrogens (tertiary/aromatic N) is 1. The van der Waals surface area contributed by atoms with Gasteiger partial charge in [-0.25, -0.2) is 9.59 Å². The Bertz CT molecular complexity index is 964.